The van der Waals surface area contributed by atoms with Gasteiger partial charge in [-0.15, -0.1) is 0 Å². The van der Waals surface area contributed by atoms with Crippen molar-refractivity contribution in [3.05, 3.63) is 59.1 Å². The van der Waals surface area contributed by atoms with E-state index in [2.05, 4.69) is 11.0 Å². The molecule has 5 nitrogen and oxygen atoms in total. The number of rotatable bonds is 7. The number of aliphatic hydroxyl groups is 1. The highest BCUT2D eigenvalue weighted by Gasteiger charge is 2.23. The van der Waals surface area contributed by atoms with Crippen molar-refractivity contribution in [1.82, 2.24) is 0 Å². The summed E-state index contributed by atoms with van der Waals surface area (Å²) < 4.78 is 5.65. The molecule has 0 spiro atoms. The molecule has 1 fully saturated rings. The molecule has 1 aliphatic heterocycles. The monoisotopic (exact) mass is 389 g/mol. The Bertz CT molecular complexity index is 758. The number of benzene rings is 2. The summed E-state index contributed by atoms with van der Waals surface area (Å²) in [5, 5.41) is 11.0. The van der Waals surface area contributed by atoms with Crippen LogP contribution in [0.5, 0.6) is 5.75 Å². The molecule has 0 saturated carbocycles. The fraction of sp³-hybridized carbons (Fsp3) is 0.381. The molecule has 1 heterocycles. The van der Waals surface area contributed by atoms with E-state index in [1.807, 2.05) is 18.2 Å². The van der Waals surface area contributed by atoms with Crippen LogP contribution in [0.1, 0.15) is 17.3 Å². The first-order valence-corrected chi connectivity index (χ1v) is 9.65. The van der Waals surface area contributed by atoms with Crippen molar-refractivity contribution >= 4 is 23.1 Å². The summed E-state index contributed by atoms with van der Waals surface area (Å²) in [4.78, 5) is 15.0. The summed E-state index contributed by atoms with van der Waals surface area (Å²) in [5.41, 5.74) is 1.81. The number of hydrogen-bond donors (Lipinski definition) is 2. The van der Waals surface area contributed by atoms with Crippen molar-refractivity contribution in [2.24, 2.45) is 0 Å². The molecule has 2 aromatic rings. The van der Waals surface area contributed by atoms with Crippen molar-refractivity contribution in [3.63, 3.8) is 0 Å². The van der Waals surface area contributed by atoms with E-state index in [0.717, 1.165) is 36.9 Å². The lowest BCUT2D eigenvalue weighted by Gasteiger charge is -2.34. The third kappa shape index (κ3) is 5.70. The van der Waals surface area contributed by atoms with Gasteiger partial charge < -0.3 is 19.6 Å². The van der Waals surface area contributed by atoms with Gasteiger partial charge in [0.05, 0.1) is 26.2 Å². The van der Waals surface area contributed by atoms with Crippen LogP contribution in [-0.2, 0) is 0 Å². The Balaban J connectivity index is 1.41. The molecule has 0 aromatic heterocycles. The third-order valence-corrected chi connectivity index (χ3v) is 5.11. The lowest BCUT2D eigenvalue weighted by Crippen LogP contribution is -3.16. The number of quaternary nitrogens is 1. The van der Waals surface area contributed by atoms with E-state index in [9.17, 15) is 9.90 Å². The lowest BCUT2D eigenvalue weighted by molar-refractivity contribution is -0.903. The number of Topliss-reactive ketones (excluding diaryl/α,β-unsaturated/α-hetero) is 1. The zero-order chi connectivity index (χ0) is 19.2. The second kappa shape index (κ2) is 9.22. The first kappa shape index (κ1) is 19.7. The van der Waals surface area contributed by atoms with Crippen molar-refractivity contribution in [2.75, 3.05) is 44.2 Å². The molecule has 1 atom stereocenters. The maximum Gasteiger partial charge on any atom is 0.159 e. The zero-order valence-electron chi connectivity index (χ0n) is 15.5. The van der Waals surface area contributed by atoms with Gasteiger partial charge >= 0.3 is 0 Å². The van der Waals surface area contributed by atoms with Gasteiger partial charge in [0.1, 0.15) is 25.0 Å². The highest BCUT2D eigenvalue weighted by Crippen LogP contribution is 2.19. The number of carbonyl (C=O) groups excluding carboxylic acids is 1. The van der Waals surface area contributed by atoms with E-state index >= 15 is 0 Å². The van der Waals surface area contributed by atoms with E-state index in [-0.39, 0.29) is 12.4 Å². The summed E-state index contributed by atoms with van der Waals surface area (Å²) in [6.07, 6.45) is -0.523. The van der Waals surface area contributed by atoms with Crippen LogP contribution in [0.2, 0.25) is 5.02 Å². The van der Waals surface area contributed by atoms with Crippen molar-refractivity contribution < 1.29 is 19.5 Å². The third-order valence-electron chi connectivity index (χ3n) is 4.87. The Hall–Kier alpha value is -2.08. The van der Waals surface area contributed by atoms with E-state index in [1.165, 1.54) is 11.8 Å². The Kier molecular flexibility index (Phi) is 6.72. The summed E-state index contributed by atoms with van der Waals surface area (Å²) in [7, 11) is 0. The molecule has 2 N–H and O–H groups in total. The van der Waals surface area contributed by atoms with E-state index in [1.54, 1.807) is 24.3 Å². The van der Waals surface area contributed by atoms with Crippen LogP contribution in [0.25, 0.3) is 0 Å². The number of ketones is 1. The van der Waals surface area contributed by atoms with Crippen LogP contribution >= 0.6 is 11.6 Å². The Morgan fingerprint density at radius 1 is 1.22 bits per heavy atom. The number of piperazine rings is 1. The highest BCUT2D eigenvalue weighted by molar-refractivity contribution is 6.30. The molecule has 1 saturated heterocycles. The first-order valence-electron chi connectivity index (χ1n) is 9.27. The lowest BCUT2D eigenvalue weighted by atomic mass is 10.1. The molecule has 2 aromatic carbocycles. The molecule has 27 heavy (non-hydrogen) atoms. The average molecular weight is 390 g/mol. The van der Waals surface area contributed by atoms with Crippen molar-refractivity contribution in [2.45, 2.75) is 13.0 Å². The summed E-state index contributed by atoms with van der Waals surface area (Å²) in [5.74, 6) is 0.696. The average Bonchev–Trinajstić information content (AvgIpc) is 2.67. The minimum Gasteiger partial charge on any atom is -0.491 e. The maximum atomic E-state index is 11.3. The number of ether oxygens (including phenoxy) is 1. The molecule has 3 rings (SSSR count). The molecule has 0 unspecified atom stereocenters. The predicted octanol–water partition coefficient (Wildman–Crippen LogP) is 1.69. The second-order valence-corrected chi connectivity index (χ2v) is 7.40. The molecular formula is C21H26ClN2O3+. The molecule has 6 heteroatoms. The number of anilines is 1. The molecule has 1 aliphatic rings. The van der Waals surface area contributed by atoms with Crippen LogP contribution in [-0.4, -0.2) is 56.3 Å². The quantitative estimate of drug-likeness (QED) is 0.707. The van der Waals surface area contributed by atoms with Gasteiger partial charge in [0, 0.05) is 16.3 Å². The van der Waals surface area contributed by atoms with E-state index in [4.69, 9.17) is 16.3 Å². The molecular weight excluding hydrogens is 364 g/mol. The summed E-state index contributed by atoms with van der Waals surface area (Å²) in [6, 6.07) is 14.9. The van der Waals surface area contributed by atoms with Gasteiger partial charge in [-0.2, -0.15) is 0 Å². The van der Waals surface area contributed by atoms with Gasteiger partial charge in [-0.1, -0.05) is 17.7 Å². The first-order chi connectivity index (χ1) is 13.0. The van der Waals surface area contributed by atoms with E-state index in [0.29, 0.717) is 17.9 Å². The largest absolute Gasteiger partial charge is 0.491 e. The summed E-state index contributed by atoms with van der Waals surface area (Å²) in [6.45, 7) is 6.27. The fourth-order valence-corrected chi connectivity index (χ4v) is 3.51. The molecule has 0 amide bonds. The molecule has 0 aliphatic carbocycles. The van der Waals surface area contributed by atoms with Gasteiger partial charge in [0.15, 0.2) is 5.78 Å². The SMILES string of the molecule is CC(=O)c1ccc(OC[C@H](O)C[NH+]2CCN(c3cccc(Cl)c3)CC2)cc1. The van der Waals surface area contributed by atoms with Crippen LogP contribution in [0, 0.1) is 0 Å². The van der Waals surface area contributed by atoms with Crippen LogP contribution in [0.3, 0.4) is 0 Å². The number of carbonyl (C=O) groups is 1. The number of hydrogen-bond acceptors (Lipinski definition) is 4. The Labute approximate surface area is 165 Å². The smallest absolute Gasteiger partial charge is 0.159 e. The number of nitrogens with one attached hydrogen (secondary N) is 1. The zero-order valence-corrected chi connectivity index (χ0v) is 16.3. The standard InChI is InChI=1S/C21H25ClN2O3/c1-16(25)17-5-7-21(8-6-17)27-15-20(26)14-23-9-11-24(12-10-23)19-4-2-3-18(22)13-19/h2-8,13,20,26H,9-12,14-15H2,1H3/p+1/t20-/m1/s1. The van der Waals surface area contributed by atoms with Gasteiger partial charge in [-0.3, -0.25) is 4.79 Å². The Morgan fingerprint density at radius 2 is 1.93 bits per heavy atom. The van der Waals surface area contributed by atoms with Crippen molar-refractivity contribution in [1.29, 1.82) is 0 Å². The molecule has 0 radical (unpaired) electrons. The maximum absolute atomic E-state index is 11.3. The Morgan fingerprint density at radius 3 is 2.56 bits per heavy atom. The number of nitrogens with zero attached hydrogens (tertiary/aromatic N) is 1. The van der Waals surface area contributed by atoms with Crippen LogP contribution < -0.4 is 14.5 Å². The minimum absolute atomic E-state index is 0.0297. The normalized spacial score (nSPS) is 16.2. The number of aliphatic hydroxyl groups excluding tert-OH is 1. The van der Waals surface area contributed by atoms with Crippen molar-refractivity contribution in [3.8, 4) is 5.75 Å². The predicted molar refractivity (Wildman–Crippen MR) is 107 cm³/mol. The van der Waals surface area contributed by atoms with Gasteiger partial charge in [0.25, 0.3) is 0 Å². The summed E-state index contributed by atoms with van der Waals surface area (Å²) >= 11 is 6.08. The minimum atomic E-state index is -0.523. The second-order valence-electron chi connectivity index (χ2n) is 6.97. The van der Waals surface area contributed by atoms with E-state index < -0.39 is 6.10 Å². The van der Waals surface area contributed by atoms with Gasteiger partial charge in [-0.05, 0) is 49.4 Å². The van der Waals surface area contributed by atoms with Gasteiger partial charge in [-0.25, -0.2) is 0 Å². The molecule has 0 bridgehead atoms. The topological polar surface area (TPSA) is 54.2 Å². The van der Waals surface area contributed by atoms with Crippen LogP contribution in [0.4, 0.5) is 5.69 Å². The number of halogens is 1. The van der Waals surface area contributed by atoms with Gasteiger partial charge in [0.2, 0.25) is 0 Å². The fourth-order valence-electron chi connectivity index (χ4n) is 3.33. The van der Waals surface area contributed by atoms with Crippen LogP contribution in [0.15, 0.2) is 48.5 Å². The molecule has 144 valence electrons. The highest BCUT2D eigenvalue weighted by atomic mass is 35.5.